The molecule has 1 aliphatic rings. The van der Waals surface area contributed by atoms with Gasteiger partial charge in [-0.15, -0.1) is 0 Å². The first kappa shape index (κ1) is 18.7. The van der Waals surface area contributed by atoms with E-state index in [0.717, 1.165) is 17.5 Å². The fraction of sp³-hybridized carbons (Fsp3) is 0.474. The van der Waals surface area contributed by atoms with E-state index in [-0.39, 0.29) is 18.4 Å². The Balaban J connectivity index is 2.26. The van der Waals surface area contributed by atoms with Crippen LogP contribution in [0.15, 0.2) is 24.3 Å². The zero-order valence-electron chi connectivity index (χ0n) is 14.8. The summed E-state index contributed by atoms with van der Waals surface area (Å²) in [5.41, 5.74) is 2.01. The molecule has 6 heteroatoms. The number of nitrogens with one attached hydrogen (secondary N) is 1. The first-order valence-corrected chi connectivity index (χ1v) is 8.42. The van der Waals surface area contributed by atoms with Crippen LogP contribution in [0.25, 0.3) is 0 Å². The Labute approximate surface area is 147 Å². The minimum absolute atomic E-state index is 0.0413. The standard InChI is InChI=1S/C19H23N3O3/c1-12(2)21-19(25)16(11-20)18(24)10-17-15-7-5-4-6-14(15)8-9-22(17)13(3)23/h4-7,12,16-17H,8-10H2,1-3H3,(H,21,25). The maximum absolute atomic E-state index is 12.6. The quantitative estimate of drug-likeness (QED) is 0.826. The molecule has 6 nitrogen and oxygen atoms in total. The summed E-state index contributed by atoms with van der Waals surface area (Å²) in [6.07, 6.45) is 0.691. The average molecular weight is 341 g/mol. The van der Waals surface area contributed by atoms with Gasteiger partial charge in [-0.05, 0) is 31.4 Å². The monoisotopic (exact) mass is 341 g/mol. The number of hydrogen-bond acceptors (Lipinski definition) is 4. The minimum atomic E-state index is -1.36. The van der Waals surface area contributed by atoms with Crippen LogP contribution in [0.3, 0.4) is 0 Å². The molecule has 1 heterocycles. The molecular weight excluding hydrogens is 318 g/mol. The summed E-state index contributed by atoms with van der Waals surface area (Å²) in [5, 5.41) is 11.9. The Morgan fingerprint density at radius 2 is 2.00 bits per heavy atom. The van der Waals surface area contributed by atoms with Gasteiger partial charge >= 0.3 is 0 Å². The number of carbonyl (C=O) groups is 3. The third kappa shape index (κ3) is 4.24. The molecule has 0 fully saturated rings. The number of ketones is 1. The van der Waals surface area contributed by atoms with Gasteiger partial charge in [-0.1, -0.05) is 24.3 Å². The number of nitrogens with zero attached hydrogens (tertiary/aromatic N) is 2. The van der Waals surface area contributed by atoms with Crippen LogP contribution in [0.1, 0.15) is 44.4 Å². The van der Waals surface area contributed by atoms with Crippen molar-refractivity contribution < 1.29 is 14.4 Å². The van der Waals surface area contributed by atoms with Gasteiger partial charge in [0.15, 0.2) is 11.7 Å². The third-order valence-corrected chi connectivity index (χ3v) is 4.36. The second-order valence-corrected chi connectivity index (χ2v) is 6.57. The predicted octanol–water partition coefficient (Wildman–Crippen LogP) is 1.76. The van der Waals surface area contributed by atoms with Crippen LogP contribution >= 0.6 is 0 Å². The van der Waals surface area contributed by atoms with Crippen molar-refractivity contribution in [3.05, 3.63) is 35.4 Å². The summed E-state index contributed by atoms with van der Waals surface area (Å²) < 4.78 is 0. The molecule has 1 aromatic carbocycles. The van der Waals surface area contributed by atoms with Crippen LogP contribution in [-0.2, 0) is 20.8 Å². The van der Waals surface area contributed by atoms with E-state index in [9.17, 15) is 19.6 Å². The Hall–Kier alpha value is -2.68. The first-order valence-electron chi connectivity index (χ1n) is 8.42. The normalized spacial score (nSPS) is 17.4. The Morgan fingerprint density at radius 3 is 2.60 bits per heavy atom. The number of nitriles is 1. The number of rotatable bonds is 5. The molecule has 1 N–H and O–H groups in total. The van der Waals surface area contributed by atoms with Crippen LogP contribution in [0.5, 0.6) is 0 Å². The van der Waals surface area contributed by atoms with Crippen molar-refractivity contribution in [1.29, 1.82) is 5.26 Å². The molecule has 1 aliphatic heterocycles. The molecule has 132 valence electrons. The van der Waals surface area contributed by atoms with E-state index in [1.165, 1.54) is 6.92 Å². The van der Waals surface area contributed by atoms with Crippen LogP contribution in [0.4, 0.5) is 0 Å². The largest absolute Gasteiger partial charge is 0.352 e. The van der Waals surface area contributed by atoms with E-state index < -0.39 is 23.7 Å². The van der Waals surface area contributed by atoms with Crippen LogP contribution < -0.4 is 5.32 Å². The Bertz CT molecular complexity index is 721. The van der Waals surface area contributed by atoms with Gasteiger partial charge in [0.25, 0.3) is 0 Å². The fourth-order valence-corrected chi connectivity index (χ4v) is 3.20. The van der Waals surface area contributed by atoms with Gasteiger partial charge in [-0.3, -0.25) is 14.4 Å². The first-order chi connectivity index (χ1) is 11.8. The van der Waals surface area contributed by atoms with Gasteiger partial charge in [0, 0.05) is 25.9 Å². The smallest absolute Gasteiger partial charge is 0.245 e. The number of benzene rings is 1. The van der Waals surface area contributed by atoms with E-state index in [1.54, 1.807) is 24.8 Å². The van der Waals surface area contributed by atoms with E-state index >= 15 is 0 Å². The molecule has 0 saturated carbocycles. The SMILES string of the molecule is CC(=O)N1CCc2ccccc2C1CC(=O)C(C#N)C(=O)NC(C)C. The number of amides is 2. The molecule has 0 radical (unpaired) electrons. The molecule has 25 heavy (non-hydrogen) atoms. The van der Waals surface area contributed by atoms with Crippen molar-refractivity contribution in [2.75, 3.05) is 6.54 Å². The van der Waals surface area contributed by atoms with Gasteiger partial charge in [0.05, 0.1) is 12.1 Å². The number of Topliss-reactive ketones (excluding diaryl/α,β-unsaturated/α-hetero) is 1. The van der Waals surface area contributed by atoms with Gasteiger partial charge in [0.1, 0.15) is 0 Å². The molecule has 2 atom stereocenters. The fourth-order valence-electron chi connectivity index (χ4n) is 3.20. The number of carbonyl (C=O) groups excluding carboxylic acids is 3. The van der Waals surface area contributed by atoms with Crippen molar-refractivity contribution in [3.63, 3.8) is 0 Å². The Kier molecular flexibility index (Phi) is 5.92. The lowest BCUT2D eigenvalue weighted by molar-refractivity contribution is -0.135. The summed E-state index contributed by atoms with van der Waals surface area (Å²) in [7, 11) is 0. The lowest BCUT2D eigenvalue weighted by Crippen LogP contribution is -2.42. The highest BCUT2D eigenvalue weighted by atomic mass is 16.2. The molecule has 1 aromatic rings. The van der Waals surface area contributed by atoms with Crippen molar-refractivity contribution in [3.8, 4) is 6.07 Å². The van der Waals surface area contributed by atoms with E-state index in [4.69, 9.17) is 0 Å². The van der Waals surface area contributed by atoms with Crippen molar-refractivity contribution in [2.24, 2.45) is 5.92 Å². The van der Waals surface area contributed by atoms with E-state index in [1.807, 2.05) is 24.3 Å². The van der Waals surface area contributed by atoms with Gasteiger partial charge < -0.3 is 10.2 Å². The zero-order chi connectivity index (χ0) is 18.6. The average Bonchev–Trinajstić information content (AvgIpc) is 2.54. The molecule has 0 saturated heterocycles. The molecule has 0 spiro atoms. The topological polar surface area (TPSA) is 90.3 Å². The molecule has 2 rings (SSSR count). The van der Waals surface area contributed by atoms with Gasteiger partial charge in [-0.25, -0.2) is 0 Å². The molecular formula is C19H23N3O3. The summed E-state index contributed by atoms with van der Waals surface area (Å²) in [4.78, 5) is 38.4. The van der Waals surface area contributed by atoms with E-state index in [2.05, 4.69) is 5.32 Å². The maximum Gasteiger partial charge on any atom is 0.245 e. The Morgan fingerprint density at radius 1 is 1.32 bits per heavy atom. The molecule has 2 unspecified atom stereocenters. The lowest BCUT2D eigenvalue weighted by atomic mass is 9.87. The molecule has 2 amide bonds. The highest BCUT2D eigenvalue weighted by molar-refractivity contribution is 6.04. The molecule has 0 aromatic heterocycles. The summed E-state index contributed by atoms with van der Waals surface area (Å²) in [6.45, 7) is 5.54. The zero-order valence-corrected chi connectivity index (χ0v) is 14.8. The van der Waals surface area contributed by atoms with E-state index in [0.29, 0.717) is 6.54 Å². The number of fused-ring (bicyclic) bond motifs is 1. The van der Waals surface area contributed by atoms with Crippen molar-refractivity contribution in [1.82, 2.24) is 10.2 Å². The predicted molar refractivity (Wildman–Crippen MR) is 92.3 cm³/mol. The maximum atomic E-state index is 12.6. The summed E-state index contributed by atoms with van der Waals surface area (Å²) >= 11 is 0. The van der Waals surface area contributed by atoms with Crippen LogP contribution in [0, 0.1) is 17.2 Å². The van der Waals surface area contributed by atoms with Gasteiger partial charge in [-0.2, -0.15) is 5.26 Å². The highest BCUT2D eigenvalue weighted by Crippen LogP contribution is 2.33. The second-order valence-electron chi connectivity index (χ2n) is 6.57. The third-order valence-electron chi connectivity index (χ3n) is 4.36. The summed E-state index contributed by atoms with van der Waals surface area (Å²) in [6, 6.07) is 8.89. The van der Waals surface area contributed by atoms with Crippen LogP contribution in [0.2, 0.25) is 0 Å². The molecule has 0 bridgehead atoms. The van der Waals surface area contributed by atoms with Crippen molar-refractivity contribution in [2.45, 2.75) is 45.7 Å². The number of hydrogen-bond donors (Lipinski definition) is 1. The van der Waals surface area contributed by atoms with Crippen molar-refractivity contribution >= 4 is 17.6 Å². The summed E-state index contributed by atoms with van der Waals surface area (Å²) in [5.74, 6) is -2.52. The van der Waals surface area contributed by atoms with Crippen LogP contribution in [-0.4, -0.2) is 35.1 Å². The minimum Gasteiger partial charge on any atom is -0.352 e. The lowest BCUT2D eigenvalue weighted by Gasteiger charge is -2.36. The van der Waals surface area contributed by atoms with Gasteiger partial charge in [0.2, 0.25) is 11.8 Å². The highest BCUT2D eigenvalue weighted by Gasteiger charge is 2.35. The second kappa shape index (κ2) is 7.93. The molecule has 0 aliphatic carbocycles.